The summed E-state index contributed by atoms with van der Waals surface area (Å²) in [5.74, 6) is 1.02. The van der Waals surface area contributed by atoms with Gasteiger partial charge in [-0.3, -0.25) is 0 Å². The van der Waals surface area contributed by atoms with Crippen LogP contribution in [0.2, 0.25) is 0 Å². The molecule has 3 heteroatoms. The lowest BCUT2D eigenvalue weighted by Gasteiger charge is -2.29. The quantitative estimate of drug-likeness (QED) is 0.912. The van der Waals surface area contributed by atoms with Gasteiger partial charge in [0.05, 0.1) is 0 Å². The molecule has 1 N–H and O–H groups in total. The number of aliphatic hydroxyl groups excluding tert-OH is 1. The average molecular weight is 254 g/mol. The molecule has 1 aromatic heterocycles. The number of aromatic nitrogens is 1. The zero-order valence-corrected chi connectivity index (χ0v) is 10.9. The average Bonchev–Trinajstić information content (AvgIpc) is 2.48. The number of hydrogen-bond donors (Lipinski definition) is 1. The van der Waals surface area contributed by atoms with Gasteiger partial charge in [0.15, 0.2) is 0 Å². The smallest absolute Gasteiger partial charge is 0.128 e. The van der Waals surface area contributed by atoms with Crippen molar-refractivity contribution in [2.75, 3.05) is 18.1 Å². The third-order valence-electron chi connectivity index (χ3n) is 3.66. The molecule has 0 unspecified atom stereocenters. The molecule has 0 amide bonds. The lowest BCUT2D eigenvalue weighted by Crippen LogP contribution is -2.30. The molecule has 0 radical (unpaired) electrons. The Morgan fingerprint density at radius 1 is 1.11 bits per heavy atom. The first-order chi connectivity index (χ1) is 9.36. The Balaban J connectivity index is 1.77. The molecule has 1 aliphatic rings. The molecule has 1 aliphatic heterocycles. The summed E-state index contributed by atoms with van der Waals surface area (Å²) in [6, 6.07) is 12.7. The molecule has 0 saturated heterocycles. The minimum absolute atomic E-state index is 0.179. The fraction of sp³-hybridized carbons (Fsp3) is 0.312. The van der Waals surface area contributed by atoms with Gasteiger partial charge < -0.3 is 10.0 Å². The summed E-state index contributed by atoms with van der Waals surface area (Å²) < 4.78 is 0. The molecule has 0 bridgehead atoms. The Morgan fingerprint density at radius 3 is 2.68 bits per heavy atom. The number of rotatable bonds is 3. The van der Waals surface area contributed by atoms with Gasteiger partial charge in [-0.05, 0) is 35.6 Å². The zero-order chi connectivity index (χ0) is 13.1. The van der Waals surface area contributed by atoms with Crippen molar-refractivity contribution in [3.05, 3.63) is 59.3 Å². The molecule has 2 heterocycles. The summed E-state index contributed by atoms with van der Waals surface area (Å²) in [5.41, 5.74) is 3.94. The van der Waals surface area contributed by atoms with E-state index in [9.17, 15) is 0 Å². The van der Waals surface area contributed by atoms with Crippen LogP contribution in [0.15, 0.2) is 42.6 Å². The third kappa shape index (κ3) is 2.61. The van der Waals surface area contributed by atoms with Crippen molar-refractivity contribution in [2.45, 2.75) is 19.4 Å². The summed E-state index contributed by atoms with van der Waals surface area (Å²) in [6.07, 6.45) is 3.62. The van der Waals surface area contributed by atoms with Gasteiger partial charge in [-0.2, -0.15) is 0 Å². The molecule has 3 rings (SSSR count). The van der Waals surface area contributed by atoms with Crippen molar-refractivity contribution in [2.24, 2.45) is 0 Å². The topological polar surface area (TPSA) is 36.4 Å². The van der Waals surface area contributed by atoms with Gasteiger partial charge in [-0.15, -0.1) is 0 Å². The van der Waals surface area contributed by atoms with Crippen LogP contribution in [-0.4, -0.2) is 23.2 Å². The highest BCUT2D eigenvalue weighted by Crippen LogP contribution is 2.22. The number of pyridine rings is 1. The molecule has 1 aromatic carbocycles. The number of benzene rings is 1. The molecular formula is C16H18N2O. The molecule has 19 heavy (non-hydrogen) atoms. The second-order valence-electron chi connectivity index (χ2n) is 4.94. The van der Waals surface area contributed by atoms with Crippen LogP contribution >= 0.6 is 0 Å². The molecular weight excluding hydrogens is 236 g/mol. The maximum atomic E-state index is 8.91. The van der Waals surface area contributed by atoms with E-state index in [1.807, 2.05) is 6.20 Å². The second kappa shape index (κ2) is 5.41. The fourth-order valence-corrected chi connectivity index (χ4v) is 2.57. The SMILES string of the molecule is OCCc1ccc(N2CCc3ccccc3C2)nc1. The lowest BCUT2D eigenvalue weighted by atomic mass is 10.00. The van der Waals surface area contributed by atoms with Crippen molar-refractivity contribution in [3.8, 4) is 0 Å². The van der Waals surface area contributed by atoms with E-state index in [1.165, 1.54) is 11.1 Å². The van der Waals surface area contributed by atoms with E-state index in [-0.39, 0.29) is 6.61 Å². The van der Waals surface area contributed by atoms with Gasteiger partial charge in [0.1, 0.15) is 5.82 Å². The monoisotopic (exact) mass is 254 g/mol. The summed E-state index contributed by atoms with van der Waals surface area (Å²) in [5, 5.41) is 8.91. The van der Waals surface area contributed by atoms with E-state index in [4.69, 9.17) is 5.11 Å². The van der Waals surface area contributed by atoms with Crippen LogP contribution in [0.3, 0.4) is 0 Å². The molecule has 0 spiro atoms. The van der Waals surface area contributed by atoms with E-state index >= 15 is 0 Å². The van der Waals surface area contributed by atoms with E-state index < -0.39 is 0 Å². The van der Waals surface area contributed by atoms with Crippen LogP contribution in [0, 0.1) is 0 Å². The van der Waals surface area contributed by atoms with Crippen LogP contribution in [-0.2, 0) is 19.4 Å². The van der Waals surface area contributed by atoms with Crippen molar-refractivity contribution in [1.29, 1.82) is 0 Å². The van der Waals surface area contributed by atoms with Gasteiger partial charge in [0.2, 0.25) is 0 Å². The summed E-state index contributed by atoms with van der Waals surface area (Å²) in [7, 11) is 0. The van der Waals surface area contributed by atoms with Gasteiger partial charge in [0, 0.05) is 25.9 Å². The van der Waals surface area contributed by atoms with Crippen molar-refractivity contribution in [1.82, 2.24) is 4.98 Å². The molecule has 98 valence electrons. The largest absolute Gasteiger partial charge is 0.396 e. The highest BCUT2D eigenvalue weighted by Gasteiger charge is 2.16. The number of hydrogen-bond acceptors (Lipinski definition) is 3. The summed E-state index contributed by atoms with van der Waals surface area (Å²) >= 11 is 0. The second-order valence-corrected chi connectivity index (χ2v) is 4.94. The molecule has 0 fully saturated rings. The number of anilines is 1. The summed E-state index contributed by atoms with van der Waals surface area (Å²) in [4.78, 5) is 6.82. The predicted octanol–water partition coefficient (Wildman–Crippen LogP) is 2.18. The Hall–Kier alpha value is -1.87. The minimum Gasteiger partial charge on any atom is -0.396 e. The van der Waals surface area contributed by atoms with Crippen LogP contribution in [0.4, 0.5) is 5.82 Å². The zero-order valence-electron chi connectivity index (χ0n) is 10.9. The van der Waals surface area contributed by atoms with Crippen LogP contribution in [0.1, 0.15) is 16.7 Å². The van der Waals surface area contributed by atoms with Crippen LogP contribution < -0.4 is 4.90 Å². The molecule has 0 saturated carbocycles. The molecule has 3 nitrogen and oxygen atoms in total. The maximum Gasteiger partial charge on any atom is 0.128 e. The van der Waals surface area contributed by atoms with Crippen molar-refractivity contribution in [3.63, 3.8) is 0 Å². The van der Waals surface area contributed by atoms with Crippen molar-refractivity contribution < 1.29 is 5.11 Å². The Bertz CT molecular complexity index is 551. The van der Waals surface area contributed by atoms with E-state index in [2.05, 4.69) is 46.3 Å². The first-order valence-corrected chi connectivity index (χ1v) is 6.74. The standard InChI is InChI=1S/C16H18N2O/c19-10-8-13-5-6-16(17-11-13)18-9-7-14-3-1-2-4-15(14)12-18/h1-6,11,19H,7-10,12H2. The Labute approximate surface area is 113 Å². The Kier molecular flexibility index (Phi) is 3.47. The highest BCUT2D eigenvalue weighted by molar-refractivity contribution is 5.44. The van der Waals surface area contributed by atoms with Crippen LogP contribution in [0.25, 0.3) is 0 Å². The van der Waals surface area contributed by atoms with Crippen molar-refractivity contribution >= 4 is 5.82 Å². The van der Waals surface area contributed by atoms with Gasteiger partial charge >= 0.3 is 0 Å². The normalized spacial score (nSPS) is 14.3. The van der Waals surface area contributed by atoms with Gasteiger partial charge in [0.25, 0.3) is 0 Å². The molecule has 0 aliphatic carbocycles. The van der Waals surface area contributed by atoms with E-state index in [0.717, 1.165) is 30.9 Å². The van der Waals surface area contributed by atoms with Crippen LogP contribution in [0.5, 0.6) is 0 Å². The van der Waals surface area contributed by atoms with E-state index in [0.29, 0.717) is 6.42 Å². The fourth-order valence-electron chi connectivity index (χ4n) is 2.57. The number of fused-ring (bicyclic) bond motifs is 1. The minimum atomic E-state index is 0.179. The molecule has 0 atom stereocenters. The van der Waals surface area contributed by atoms with Gasteiger partial charge in [-0.25, -0.2) is 4.98 Å². The first kappa shape index (κ1) is 12.2. The first-order valence-electron chi connectivity index (χ1n) is 6.74. The Morgan fingerprint density at radius 2 is 1.95 bits per heavy atom. The lowest BCUT2D eigenvalue weighted by molar-refractivity contribution is 0.299. The van der Waals surface area contributed by atoms with E-state index in [1.54, 1.807) is 0 Å². The third-order valence-corrected chi connectivity index (χ3v) is 3.66. The summed E-state index contributed by atoms with van der Waals surface area (Å²) in [6.45, 7) is 2.13. The number of aliphatic hydroxyl groups is 1. The maximum absolute atomic E-state index is 8.91. The molecule has 2 aromatic rings. The number of nitrogens with zero attached hydrogens (tertiary/aromatic N) is 2. The van der Waals surface area contributed by atoms with Gasteiger partial charge in [-0.1, -0.05) is 30.3 Å². The highest BCUT2D eigenvalue weighted by atomic mass is 16.2. The predicted molar refractivity (Wildman–Crippen MR) is 76.2 cm³/mol.